The van der Waals surface area contributed by atoms with Crippen molar-refractivity contribution in [3.8, 4) is 0 Å². The number of nitrogens with zero attached hydrogens (tertiary/aromatic N) is 1. The summed E-state index contributed by atoms with van der Waals surface area (Å²) in [7, 11) is 1.95. The normalized spacial score (nSPS) is 13.5. The van der Waals surface area contributed by atoms with E-state index in [4.69, 9.17) is 14.0 Å². The minimum Gasteiger partial charge on any atom is -0.462 e. The van der Waals surface area contributed by atoms with E-state index in [1.165, 1.54) is 154 Å². The molecule has 0 saturated heterocycles. The summed E-state index contributed by atoms with van der Waals surface area (Å²) in [6, 6.07) is 0. The van der Waals surface area contributed by atoms with Gasteiger partial charge >= 0.3 is 19.5 Å². The molecule has 0 aliphatic heterocycles. The molecule has 0 amide bonds. The fraction of sp³-hybridized carbons (Fsp3) is 0.955. The summed E-state index contributed by atoms with van der Waals surface area (Å²) in [6.07, 6.45) is 37.5. The molecule has 0 aliphatic carbocycles. The van der Waals surface area contributed by atoms with E-state index in [1.54, 1.807) is 0 Å². The van der Waals surface area contributed by atoms with Crippen LogP contribution in [0.2, 0.25) is 0 Å². The number of esters is 2. The Balaban J connectivity index is 4.25. The van der Waals surface area contributed by atoms with Crippen LogP contribution in [0.3, 0.4) is 0 Å². The van der Waals surface area contributed by atoms with Crippen LogP contribution in [0.5, 0.6) is 0 Å². The molecular formula is C44H89NO7P+. The summed E-state index contributed by atoms with van der Waals surface area (Å²) in [5.74, 6) is -0.716. The average molecular weight is 775 g/mol. The van der Waals surface area contributed by atoms with Gasteiger partial charge in [0.1, 0.15) is 6.61 Å². The Hall–Kier alpha value is -0.950. The molecule has 0 bridgehead atoms. The minimum atomic E-state index is -3.88. The largest absolute Gasteiger partial charge is 0.462 e. The Kier molecular flexibility index (Phi) is 36.0. The highest BCUT2D eigenvalue weighted by Gasteiger charge is 2.27. The zero-order valence-corrected chi connectivity index (χ0v) is 36.7. The summed E-state index contributed by atoms with van der Waals surface area (Å²) in [5, 5.41) is 0. The number of carbonyl (C=O) groups is 2. The summed E-state index contributed by atoms with van der Waals surface area (Å²) in [6.45, 7) is 4.55. The van der Waals surface area contributed by atoms with Gasteiger partial charge in [-0.1, -0.05) is 194 Å². The van der Waals surface area contributed by atoms with Crippen molar-refractivity contribution >= 4 is 19.5 Å². The number of carbonyl (C=O) groups excluding carboxylic acids is 2. The zero-order valence-electron chi connectivity index (χ0n) is 35.8. The highest BCUT2D eigenvalue weighted by atomic mass is 31.2. The number of hydrogen-bond donors (Lipinski definition) is 1. The van der Waals surface area contributed by atoms with E-state index in [0.29, 0.717) is 17.4 Å². The van der Waals surface area contributed by atoms with Gasteiger partial charge in [0, 0.05) is 12.8 Å². The first-order valence-corrected chi connectivity index (χ1v) is 24.4. The molecule has 9 heteroatoms. The molecule has 0 aromatic rings. The lowest BCUT2D eigenvalue weighted by Gasteiger charge is -2.25. The summed E-state index contributed by atoms with van der Waals surface area (Å²) < 4.78 is 29.6. The van der Waals surface area contributed by atoms with Crippen molar-refractivity contribution in [1.82, 2.24) is 0 Å². The maximum atomic E-state index is 12.7. The van der Waals surface area contributed by atoms with Crippen LogP contribution in [0.15, 0.2) is 0 Å². The smallest absolute Gasteiger partial charge is 0.333 e. The number of unbranched alkanes of at least 4 members (excludes halogenated alkanes) is 28. The van der Waals surface area contributed by atoms with Crippen LogP contribution >= 0.6 is 7.60 Å². The third kappa shape index (κ3) is 40.5. The molecule has 0 radical (unpaired) electrons. The Morgan fingerprint density at radius 3 is 1.17 bits per heavy atom. The second-order valence-corrected chi connectivity index (χ2v) is 18.8. The van der Waals surface area contributed by atoms with Crippen LogP contribution in [-0.4, -0.2) is 74.5 Å². The molecule has 316 valence electrons. The van der Waals surface area contributed by atoms with Gasteiger partial charge in [0.15, 0.2) is 6.10 Å². The Morgan fingerprint density at radius 1 is 0.509 bits per heavy atom. The zero-order chi connectivity index (χ0) is 39.3. The molecule has 0 spiro atoms. The molecule has 0 aromatic heterocycles. The van der Waals surface area contributed by atoms with Crippen LogP contribution in [-0.2, 0) is 28.2 Å². The molecule has 0 saturated carbocycles. The second-order valence-electron chi connectivity index (χ2n) is 16.9. The SMILES string of the molecule is CCCCCCCCCCCCCCCCCC(=O)OCC(COP(=O)(O)CC[N+](C)(C)C)OC(=O)CCCCCCCCCCCCCCCCC. The lowest BCUT2D eigenvalue weighted by molar-refractivity contribution is -0.867. The van der Waals surface area contributed by atoms with Gasteiger partial charge in [-0.25, -0.2) is 0 Å². The van der Waals surface area contributed by atoms with Gasteiger partial charge < -0.3 is 23.4 Å². The molecule has 1 N–H and O–H groups in total. The fourth-order valence-electron chi connectivity index (χ4n) is 6.59. The predicted molar refractivity (Wildman–Crippen MR) is 223 cm³/mol. The lowest BCUT2D eigenvalue weighted by Crippen LogP contribution is -2.37. The maximum Gasteiger partial charge on any atom is 0.333 e. The van der Waals surface area contributed by atoms with Gasteiger partial charge in [-0.3, -0.25) is 14.2 Å². The van der Waals surface area contributed by atoms with Crippen molar-refractivity contribution < 1.29 is 37.5 Å². The molecule has 53 heavy (non-hydrogen) atoms. The van der Waals surface area contributed by atoms with Gasteiger partial charge in [0.25, 0.3) is 0 Å². The topological polar surface area (TPSA) is 99.1 Å². The van der Waals surface area contributed by atoms with Crippen LogP contribution < -0.4 is 0 Å². The van der Waals surface area contributed by atoms with E-state index in [-0.39, 0.29) is 37.7 Å². The molecule has 8 nitrogen and oxygen atoms in total. The predicted octanol–water partition coefficient (Wildman–Crippen LogP) is 12.9. The number of quaternary nitrogens is 1. The van der Waals surface area contributed by atoms with Gasteiger partial charge in [0.2, 0.25) is 0 Å². The van der Waals surface area contributed by atoms with Crippen LogP contribution in [0.4, 0.5) is 0 Å². The van der Waals surface area contributed by atoms with E-state index >= 15 is 0 Å². The number of ether oxygens (including phenoxy) is 2. The maximum absolute atomic E-state index is 12.7. The monoisotopic (exact) mass is 775 g/mol. The van der Waals surface area contributed by atoms with E-state index in [1.807, 2.05) is 21.1 Å². The molecule has 2 atom stereocenters. The highest BCUT2D eigenvalue weighted by molar-refractivity contribution is 7.52. The van der Waals surface area contributed by atoms with E-state index < -0.39 is 13.7 Å². The van der Waals surface area contributed by atoms with Gasteiger partial charge in [-0.05, 0) is 12.8 Å². The summed E-state index contributed by atoms with van der Waals surface area (Å²) in [5.41, 5.74) is 0. The molecule has 0 aromatic carbocycles. The first-order chi connectivity index (χ1) is 25.5. The first-order valence-electron chi connectivity index (χ1n) is 22.6. The molecule has 0 rings (SSSR count). The Labute approximate surface area is 328 Å². The molecule has 0 aliphatic rings. The van der Waals surface area contributed by atoms with Crippen molar-refractivity contribution in [3.63, 3.8) is 0 Å². The minimum absolute atomic E-state index is 0.00469. The summed E-state index contributed by atoms with van der Waals surface area (Å²) >= 11 is 0. The standard InChI is InChI=1S/C44H88NO7P/c1-6-8-10-12-14-16-18-20-22-24-26-28-30-32-34-36-43(46)50-40-42(41-51-53(48,49)39-38-45(3,4)5)52-44(47)37-35-33-31-29-27-25-23-21-19-17-15-13-11-9-7-2/h42H,6-41H2,1-5H3/p+1. The molecule has 0 fully saturated rings. The third-order valence-electron chi connectivity index (χ3n) is 10.2. The van der Waals surface area contributed by atoms with Crippen LogP contribution in [0.1, 0.15) is 219 Å². The van der Waals surface area contributed by atoms with E-state index in [0.717, 1.165) is 38.5 Å². The van der Waals surface area contributed by atoms with E-state index in [9.17, 15) is 19.0 Å². The first kappa shape index (κ1) is 52.0. The van der Waals surface area contributed by atoms with Crippen molar-refractivity contribution in [2.24, 2.45) is 0 Å². The van der Waals surface area contributed by atoms with Gasteiger partial charge in [-0.15, -0.1) is 0 Å². The lowest BCUT2D eigenvalue weighted by atomic mass is 10.0. The highest BCUT2D eigenvalue weighted by Crippen LogP contribution is 2.42. The quantitative estimate of drug-likeness (QED) is 0.0286. The summed E-state index contributed by atoms with van der Waals surface area (Å²) in [4.78, 5) is 35.6. The average Bonchev–Trinajstić information content (AvgIpc) is 3.11. The Bertz CT molecular complexity index is 878. The van der Waals surface area contributed by atoms with Gasteiger partial charge in [0.05, 0.1) is 40.5 Å². The van der Waals surface area contributed by atoms with E-state index in [2.05, 4.69) is 13.8 Å². The van der Waals surface area contributed by atoms with Crippen molar-refractivity contribution in [3.05, 3.63) is 0 Å². The molecular weight excluding hydrogens is 685 g/mol. The third-order valence-corrected chi connectivity index (χ3v) is 11.5. The van der Waals surface area contributed by atoms with Crippen LogP contribution in [0, 0.1) is 0 Å². The van der Waals surface area contributed by atoms with Crippen LogP contribution in [0.25, 0.3) is 0 Å². The van der Waals surface area contributed by atoms with Crippen molar-refractivity contribution in [2.45, 2.75) is 225 Å². The molecule has 2 unspecified atom stereocenters. The Morgan fingerprint density at radius 2 is 0.830 bits per heavy atom. The fourth-order valence-corrected chi connectivity index (χ4v) is 7.97. The number of rotatable bonds is 41. The second kappa shape index (κ2) is 36.7. The van der Waals surface area contributed by atoms with Crippen molar-refractivity contribution in [2.75, 3.05) is 47.1 Å². The van der Waals surface area contributed by atoms with Crippen molar-refractivity contribution in [1.29, 1.82) is 0 Å². The molecule has 0 heterocycles. The van der Waals surface area contributed by atoms with Gasteiger partial charge in [-0.2, -0.15) is 0 Å². The number of hydrogen-bond acceptors (Lipinski definition) is 6.